The van der Waals surface area contributed by atoms with Crippen LogP contribution in [0.25, 0.3) is 0 Å². The molecule has 128 valence electrons. The van der Waals surface area contributed by atoms with Crippen LogP contribution in [-0.2, 0) is 0 Å². The van der Waals surface area contributed by atoms with Gasteiger partial charge in [-0.25, -0.2) is 0 Å². The first-order valence-corrected chi connectivity index (χ1v) is 8.57. The summed E-state index contributed by atoms with van der Waals surface area (Å²) in [6.07, 6.45) is 0.274. The molecule has 3 heteroatoms. The molecule has 0 unspecified atom stereocenters. The molecule has 2 atom stereocenters. The fourth-order valence-electron chi connectivity index (χ4n) is 3.17. The van der Waals surface area contributed by atoms with Crippen LogP contribution in [0.4, 0.5) is 5.69 Å². The molecule has 0 bridgehead atoms. The fourth-order valence-corrected chi connectivity index (χ4v) is 3.17. The molecule has 26 heavy (non-hydrogen) atoms. The summed E-state index contributed by atoms with van der Waals surface area (Å²) < 4.78 is 0. The zero-order chi connectivity index (χ0) is 18.4. The minimum Gasteiger partial charge on any atom is -0.399 e. The molecule has 0 radical (unpaired) electrons. The lowest BCUT2D eigenvalue weighted by molar-refractivity contribution is 0.0972. The van der Waals surface area contributed by atoms with Crippen molar-refractivity contribution in [2.24, 2.45) is 0 Å². The number of benzene rings is 3. The second-order valence-corrected chi connectivity index (χ2v) is 6.28. The van der Waals surface area contributed by atoms with Crippen molar-refractivity contribution in [1.82, 2.24) is 0 Å². The Bertz CT molecular complexity index is 896. The molecule has 3 aromatic carbocycles. The smallest absolute Gasteiger partial charge is 0.163 e. The number of hydrogen-bond acceptors (Lipinski definition) is 3. The monoisotopic (exact) mass is 340 g/mol. The van der Waals surface area contributed by atoms with Gasteiger partial charge in [0.05, 0.1) is 12.0 Å². The van der Waals surface area contributed by atoms with Crippen LogP contribution in [0.1, 0.15) is 39.7 Å². The molecular formula is C23H20N2O. The van der Waals surface area contributed by atoms with Gasteiger partial charge in [0, 0.05) is 23.6 Å². The second kappa shape index (κ2) is 8.13. The van der Waals surface area contributed by atoms with E-state index in [9.17, 15) is 10.1 Å². The summed E-state index contributed by atoms with van der Waals surface area (Å²) >= 11 is 0. The number of Topliss-reactive ketones (excluding diaryl/α,β-unsaturated/α-hetero) is 1. The number of nitrogens with two attached hydrogens (primary N) is 1. The summed E-state index contributed by atoms with van der Waals surface area (Å²) in [4.78, 5) is 12.8. The molecule has 0 aliphatic carbocycles. The van der Waals surface area contributed by atoms with Crippen LogP contribution >= 0.6 is 0 Å². The maximum atomic E-state index is 12.8. The SMILES string of the molecule is N#C[C@@H](c1ccc(N)cc1)[C@@H](CC(=O)c1ccccc1)c1ccccc1. The van der Waals surface area contributed by atoms with Crippen LogP contribution in [0.15, 0.2) is 84.9 Å². The Morgan fingerprint density at radius 2 is 1.42 bits per heavy atom. The van der Waals surface area contributed by atoms with Crippen molar-refractivity contribution in [2.75, 3.05) is 5.73 Å². The minimum atomic E-state index is -0.425. The number of carbonyl (C=O) groups excluding carboxylic acids is 1. The van der Waals surface area contributed by atoms with E-state index in [2.05, 4.69) is 6.07 Å². The van der Waals surface area contributed by atoms with Gasteiger partial charge in [-0.15, -0.1) is 0 Å². The zero-order valence-electron chi connectivity index (χ0n) is 14.4. The molecule has 2 N–H and O–H groups in total. The van der Waals surface area contributed by atoms with Crippen molar-refractivity contribution in [2.45, 2.75) is 18.3 Å². The van der Waals surface area contributed by atoms with Gasteiger partial charge in [-0.1, -0.05) is 72.8 Å². The number of nitrogen functional groups attached to an aromatic ring is 1. The van der Waals surface area contributed by atoms with Crippen LogP contribution in [-0.4, -0.2) is 5.78 Å². The molecule has 0 aromatic heterocycles. The quantitative estimate of drug-likeness (QED) is 0.511. The van der Waals surface area contributed by atoms with Gasteiger partial charge in [-0.3, -0.25) is 4.79 Å². The maximum absolute atomic E-state index is 12.8. The predicted molar refractivity (Wildman–Crippen MR) is 104 cm³/mol. The number of anilines is 1. The lowest BCUT2D eigenvalue weighted by Crippen LogP contribution is -2.15. The first-order valence-electron chi connectivity index (χ1n) is 8.57. The number of ketones is 1. The number of rotatable bonds is 6. The van der Waals surface area contributed by atoms with Gasteiger partial charge in [0.1, 0.15) is 0 Å². The average Bonchev–Trinajstić information content (AvgIpc) is 2.70. The van der Waals surface area contributed by atoms with E-state index in [1.165, 1.54) is 0 Å². The highest BCUT2D eigenvalue weighted by atomic mass is 16.1. The molecular weight excluding hydrogens is 320 g/mol. The van der Waals surface area contributed by atoms with Crippen LogP contribution in [0, 0.1) is 11.3 Å². The fraction of sp³-hybridized carbons (Fsp3) is 0.130. The lowest BCUT2D eigenvalue weighted by atomic mass is 9.78. The largest absolute Gasteiger partial charge is 0.399 e. The van der Waals surface area contributed by atoms with Gasteiger partial charge in [0.25, 0.3) is 0 Å². The third-order valence-electron chi connectivity index (χ3n) is 4.57. The van der Waals surface area contributed by atoms with Gasteiger partial charge in [-0.05, 0) is 23.3 Å². The molecule has 3 nitrogen and oxygen atoms in total. The van der Waals surface area contributed by atoms with Crippen LogP contribution in [0.5, 0.6) is 0 Å². The van der Waals surface area contributed by atoms with E-state index in [1.807, 2.05) is 72.8 Å². The molecule has 0 spiro atoms. The molecule has 0 saturated carbocycles. The molecule has 3 rings (SSSR count). The minimum absolute atomic E-state index is 0.0372. The Morgan fingerprint density at radius 3 is 2.00 bits per heavy atom. The van der Waals surface area contributed by atoms with Crippen LogP contribution < -0.4 is 5.73 Å². The van der Waals surface area contributed by atoms with Gasteiger partial charge in [0.15, 0.2) is 5.78 Å². The van der Waals surface area contributed by atoms with E-state index < -0.39 is 5.92 Å². The molecule has 0 aliphatic rings. The zero-order valence-corrected chi connectivity index (χ0v) is 14.4. The number of nitrogens with zero attached hydrogens (tertiary/aromatic N) is 1. The predicted octanol–water partition coefficient (Wildman–Crippen LogP) is 4.93. The van der Waals surface area contributed by atoms with E-state index in [1.54, 1.807) is 12.1 Å². The summed E-state index contributed by atoms with van der Waals surface area (Å²) in [6, 6.07) is 28.7. The van der Waals surface area contributed by atoms with Gasteiger partial charge in [-0.2, -0.15) is 5.26 Å². The van der Waals surface area contributed by atoms with Crippen LogP contribution in [0.3, 0.4) is 0 Å². The van der Waals surface area contributed by atoms with E-state index in [-0.39, 0.29) is 18.1 Å². The highest BCUT2D eigenvalue weighted by Gasteiger charge is 2.27. The highest BCUT2D eigenvalue weighted by Crippen LogP contribution is 2.36. The number of carbonyl (C=O) groups is 1. The van der Waals surface area contributed by atoms with E-state index in [4.69, 9.17) is 5.73 Å². The summed E-state index contributed by atoms with van der Waals surface area (Å²) in [7, 11) is 0. The van der Waals surface area contributed by atoms with Crippen molar-refractivity contribution >= 4 is 11.5 Å². The molecule has 3 aromatic rings. The average molecular weight is 340 g/mol. The van der Waals surface area contributed by atoms with E-state index in [0.29, 0.717) is 11.3 Å². The van der Waals surface area contributed by atoms with Crippen molar-refractivity contribution < 1.29 is 4.79 Å². The summed E-state index contributed by atoms with van der Waals surface area (Å²) in [5.41, 5.74) is 8.96. The Balaban J connectivity index is 1.96. The Kier molecular flexibility index (Phi) is 5.46. The highest BCUT2D eigenvalue weighted by molar-refractivity contribution is 5.96. The van der Waals surface area contributed by atoms with Gasteiger partial charge < -0.3 is 5.73 Å². The summed E-state index contributed by atoms with van der Waals surface area (Å²) in [5, 5.41) is 9.87. The molecule has 0 amide bonds. The second-order valence-electron chi connectivity index (χ2n) is 6.28. The summed E-state index contributed by atoms with van der Waals surface area (Å²) in [5.74, 6) is -0.613. The summed E-state index contributed by atoms with van der Waals surface area (Å²) in [6.45, 7) is 0. The van der Waals surface area contributed by atoms with Gasteiger partial charge >= 0.3 is 0 Å². The van der Waals surface area contributed by atoms with Crippen molar-refractivity contribution in [3.05, 3.63) is 102 Å². The molecule has 0 fully saturated rings. The normalized spacial score (nSPS) is 12.7. The van der Waals surface area contributed by atoms with E-state index >= 15 is 0 Å². The first kappa shape index (κ1) is 17.4. The van der Waals surface area contributed by atoms with Crippen LogP contribution in [0.2, 0.25) is 0 Å². The van der Waals surface area contributed by atoms with E-state index in [0.717, 1.165) is 11.1 Å². The van der Waals surface area contributed by atoms with Gasteiger partial charge in [0.2, 0.25) is 0 Å². The van der Waals surface area contributed by atoms with Crippen molar-refractivity contribution in [1.29, 1.82) is 5.26 Å². The lowest BCUT2D eigenvalue weighted by Gasteiger charge is -2.22. The molecule has 0 aliphatic heterocycles. The Hall–Kier alpha value is -3.38. The van der Waals surface area contributed by atoms with Crippen molar-refractivity contribution in [3.63, 3.8) is 0 Å². The maximum Gasteiger partial charge on any atom is 0.163 e. The topological polar surface area (TPSA) is 66.9 Å². The Morgan fingerprint density at radius 1 is 0.846 bits per heavy atom. The standard InChI is InChI=1S/C23H20N2O/c24-16-22(18-11-13-20(25)14-12-18)21(17-7-3-1-4-8-17)15-23(26)19-9-5-2-6-10-19/h1-14,21-22H,15,25H2/t21-,22-/m0/s1. The first-order chi connectivity index (χ1) is 12.7. The third kappa shape index (κ3) is 3.99. The molecule has 0 saturated heterocycles. The molecule has 0 heterocycles. The number of hydrogen-bond donors (Lipinski definition) is 1. The third-order valence-corrected chi connectivity index (χ3v) is 4.57. The number of nitriles is 1. The van der Waals surface area contributed by atoms with Crippen molar-refractivity contribution in [3.8, 4) is 6.07 Å². The Labute approximate surface area is 153 Å².